The van der Waals surface area contributed by atoms with Crippen molar-refractivity contribution in [1.82, 2.24) is 24.9 Å². The molecule has 0 aliphatic carbocycles. The minimum atomic E-state index is -0.231. The van der Waals surface area contributed by atoms with E-state index in [0.717, 1.165) is 38.4 Å². The van der Waals surface area contributed by atoms with Gasteiger partial charge in [-0.15, -0.1) is 0 Å². The van der Waals surface area contributed by atoms with E-state index in [4.69, 9.17) is 0 Å². The van der Waals surface area contributed by atoms with E-state index in [0.29, 0.717) is 12.4 Å². The number of aryl methyl sites for hydroxylation is 2. The Morgan fingerprint density at radius 1 is 1.27 bits per heavy atom. The predicted octanol–water partition coefficient (Wildman–Crippen LogP) is 0.0141. The fraction of sp³-hybridized carbons (Fsp3) is 0.643. The van der Waals surface area contributed by atoms with Crippen LogP contribution in [0.2, 0.25) is 0 Å². The maximum atomic E-state index is 11.8. The Morgan fingerprint density at radius 2 is 1.95 bits per heavy atom. The first kappa shape index (κ1) is 16.3. The summed E-state index contributed by atoms with van der Waals surface area (Å²) in [6.07, 6.45) is 0. The Hall–Kier alpha value is -2.09. The number of aromatic nitrogens is 2. The summed E-state index contributed by atoms with van der Waals surface area (Å²) >= 11 is 0. The fourth-order valence-electron chi connectivity index (χ4n) is 2.50. The van der Waals surface area contributed by atoms with Crippen molar-refractivity contribution in [3.63, 3.8) is 0 Å². The van der Waals surface area contributed by atoms with Gasteiger partial charge in [0.25, 0.3) is 0 Å². The molecule has 8 nitrogen and oxygen atoms in total. The first-order valence-electron chi connectivity index (χ1n) is 7.49. The minimum Gasteiger partial charge on any atom is -0.340 e. The second-order valence-electron chi connectivity index (χ2n) is 5.52. The van der Waals surface area contributed by atoms with Gasteiger partial charge < -0.3 is 10.2 Å². The van der Waals surface area contributed by atoms with Gasteiger partial charge in [0.1, 0.15) is 5.82 Å². The number of hydrogen-bond donors (Lipinski definition) is 2. The third-order valence-electron chi connectivity index (χ3n) is 3.77. The molecule has 2 N–H and O–H groups in total. The van der Waals surface area contributed by atoms with Gasteiger partial charge in [0.2, 0.25) is 5.91 Å². The highest BCUT2D eigenvalue weighted by atomic mass is 16.2. The SMILES string of the molecule is CC(=O)N1CCN(CCNC(=O)Nc2cc(C)nn2C)CC1. The number of piperazine rings is 1. The van der Waals surface area contributed by atoms with Gasteiger partial charge in [-0.05, 0) is 6.92 Å². The quantitative estimate of drug-likeness (QED) is 0.821. The van der Waals surface area contributed by atoms with Crippen LogP contribution in [0.25, 0.3) is 0 Å². The topological polar surface area (TPSA) is 82.5 Å². The molecule has 8 heteroatoms. The van der Waals surface area contributed by atoms with E-state index in [9.17, 15) is 9.59 Å². The molecular formula is C14H24N6O2. The van der Waals surface area contributed by atoms with Crippen LogP contribution in [0.3, 0.4) is 0 Å². The zero-order chi connectivity index (χ0) is 16.1. The first-order chi connectivity index (χ1) is 10.5. The van der Waals surface area contributed by atoms with Crippen LogP contribution in [0.1, 0.15) is 12.6 Å². The van der Waals surface area contributed by atoms with E-state index < -0.39 is 0 Å². The third kappa shape index (κ3) is 4.45. The van der Waals surface area contributed by atoms with Crippen molar-refractivity contribution in [3.05, 3.63) is 11.8 Å². The van der Waals surface area contributed by atoms with Gasteiger partial charge in [0, 0.05) is 59.3 Å². The Balaban J connectivity index is 1.65. The molecule has 1 aliphatic rings. The van der Waals surface area contributed by atoms with Crippen LogP contribution in [-0.2, 0) is 11.8 Å². The van der Waals surface area contributed by atoms with Gasteiger partial charge in [0.15, 0.2) is 0 Å². The van der Waals surface area contributed by atoms with Gasteiger partial charge in [-0.3, -0.25) is 19.7 Å². The molecule has 0 saturated carbocycles. The number of rotatable bonds is 4. The van der Waals surface area contributed by atoms with Crippen molar-refractivity contribution in [1.29, 1.82) is 0 Å². The second kappa shape index (κ2) is 7.26. The predicted molar refractivity (Wildman–Crippen MR) is 83.7 cm³/mol. The summed E-state index contributed by atoms with van der Waals surface area (Å²) in [6, 6.07) is 1.59. The third-order valence-corrected chi connectivity index (χ3v) is 3.77. The highest BCUT2D eigenvalue weighted by Gasteiger charge is 2.18. The molecule has 0 aromatic carbocycles. The van der Waals surface area contributed by atoms with Gasteiger partial charge in [0.05, 0.1) is 5.69 Å². The van der Waals surface area contributed by atoms with E-state index in [1.807, 2.05) is 17.9 Å². The maximum absolute atomic E-state index is 11.8. The molecule has 0 bridgehead atoms. The minimum absolute atomic E-state index is 0.128. The summed E-state index contributed by atoms with van der Waals surface area (Å²) in [7, 11) is 1.79. The molecule has 1 aromatic heterocycles. The first-order valence-corrected chi connectivity index (χ1v) is 7.49. The van der Waals surface area contributed by atoms with E-state index in [1.165, 1.54) is 0 Å². The van der Waals surface area contributed by atoms with Crippen LogP contribution in [0.4, 0.5) is 10.6 Å². The van der Waals surface area contributed by atoms with Crippen molar-refractivity contribution >= 4 is 17.8 Å². The van der Waals surface area contributed by atoms with E-state index >= 15 is 0 Å². The molecule has 2 rings (SSSR count). The lowest BCUT2D eigenvalue weighted by atomic mass is 10.3. The van der Waals surface area contributed by atoms with Crippen LogP contribution in [0, 0.1) is 6.92 Å². The molecule has 0 unspecified atom stereocenters. The summed E-state index contributed by atoms with van der Waals surface area (Å²) in [6.45, 7) is 8.05. The zero-order valence-corrected chi connectivity index (χ0v) is 13.4. The number of urea groups is 1. The molecule has 0 radical (unpaired) electrons. The normalized spacial score (nSPS) is 15.7. The number of anilines is 1. The number of nitrogens with one attached hydrogen (secondary N) is 2. The largest absolute Gasteiger partial charge is 0.340 e. The summed E-state index contributed by atoms with van der Waals surface area (Å²) in [5, 5.41) is 9.78. The Bertz CT molecular complexity index is 533. The van der Waals surface area contributed by atoms with Crippen molar-refractivity contribution < 1.29 is 9.59 Å². The summed E-state index contributed by atoms with van der Waals surface area (Å²) in [4.78, 5) is 27.2. The fourth-order valence-corrected chi connectivity index (χ4v) is 2.50. The molecule has 1 fully saturated rings. The van der Waals surface area contributed by atoms with Crippen molar-refractivity contribution in [2.24, 2.45) is 7.05 Å². The molecule has 22 heavy (non-hydrogen) atoms. The molecule has 0 atom stereocenters. The number of carbonyl (C=O) groups is 2. The lowest BCUT2D eigenvalue weighted by Crippen LogP contribution is -2.49. The molecule has 122 valence electrons. The van der Waals surface area contributed by atoms with E-state index in [-0.39, 0.29) is 11.9 Å². The van der Waals surface area contributed by atoms with Gasteiger partial charge in [-0.25, -0.2) is 4.79 Å². The average Bonchev–Trinajstić information content (AvgIpc) is 2.77. The van der Waals surface area contributed by atoms with Gasteiger partial charge in [-0.1, -0.05) is 0 Å². The molecule has 2 heterocycles. The highest BCUT2D eigenvalue weighted by Crippen LogP contribution is 2.07. The van der Waals surface area contributed by atoms with Crippen molar-refractivity contribution in [3.8, 4) is 0 Å². The Labute approximate surface area is 130 Å². The van der Waals surface area contributed by atoms with Crippen molar-refractivity contribution in [2.75, 3.05) is 44.6 Å². The molecular weight excluding hydrogens is 284 g/mol. The summed E-state index contributed by atoms with van der Waals surface area (Å²) in [5.74, 6) is 0.800. The van der Waals surface area contributed by atoms with E-state index in [1.54, 1.807) is 18.7 Å². The van der Waals surface area contributed by atoms with E-state index in [2.05, 4.69) is 20.6 Å². The standard InChI is InChI=1S/C14H24N6O2/c1-11-10-13(18(3)17-11)16-14(22)15-4-5-19-6-8-20(9-7-19)12(2)21/h10H,4-9H2,1-3H3,(H2,15,16,22). The van der Waals surface area contributed by atoms with Crippen LogP contribution >= 0.6 is 0 Å². The Morgan fingerprint density at radius 3 is 2.50 bits per heavy atom. The molecule has 1 saturated heterocycles. The average molecular weight is 308 g/mol. The zero-order valence-electron chi connectivity index (χ0n) is 13.4. The molecule has 1 aliphatic heterocycles. The monoisotopic (exact) mass is 308 g/mol. The summed E-state index contributed by atoms with van der Waals surface area (Å²) < 4.78 is 1.63. The number of carbonyl (C=O) groups excluding carboxylic acids is 2. The van der Waals surface area contributed by atoms with Gasteiger partial charge in [-0.2, -0.15) is 5.10 Å². The van der Waals surface area contributed by atoms with Crippen LogP contribution < -0.4 is 10.6 Å². The van der Waals surface area contributed by atoms with Crippen LogP contribution in [0.5, 0.6) is 0 Å². The molecule has 0 spiro atoms. The van der Waals surface area contributed by atoms with Crippen molar-refractivity contribution in [2.45, 2.75) is 13.8 Å². The number of nitrogens with zero attached hydrogens (tertiary/aromatic N) is 4. The number of hydrogen-bond acceptors (Lipinski definition) is 4. The van der Waals surface area contributed by atoms with Gasteiger partial charge >= 0.3 is 6.03 Å². The highest BCUT2D eigenvalue weighted by molar-refractivity contribution is 5.88. The smallest absolute Gasteiger partial charge is 0.320 e. The van der Waals surface area contributed by atoms with Crippen LogP contribution in [0.15, 0.2) is 6.07 Å². The molecule has 1 aromatic rings. The summed E-state index contributed by atoms with van der Waals surface area (Å²) in [5.41, 5.74) is 0.862. The number of amides is 3. The molecule has 3 amide bonds. The second-order valence-corrected chi connectivity index (χ2v) is 5.52. The Kier molecular flexibility index (Phi) is 5.37. The maximum Gasteiger partial charge on any atom is 0.320 e. The lowest BCUT2D eigenvalue weighted by molar-refractivity contribution is -0.130. The van der Waals surface area contributed by atoms with Crippen LogP contribution in [-0.4, -0.2) is 70.8 Å². The lowest BCUT2D eigenvalue weighted by Gasteiger charge is -2.34.